The quantitative estimate of drug-likeness (QED) is 0.832. The standard InChI is InChI=1S/C22H23FN2O2/c23-19-7-5-17(6-8-19)18-9-11-25(12-10-18)22(26)20-3-1-2-4-21(20)24-13-15-27-16-14-24/h1-9H,10-16H2. The van der Waals surface area contributed by atoms with Crippen molar-refractivity contribution >= 4 is 17.2 Å². The van der Waals surface area contributed by atoms with Crippen LogP contribution >= 0.6 is 0 Å². The van der Waals surface area contributed by atoms with Crippen molar-refractivity contribution in [1.29, 1.82) is 0 Å². The zero-order valence-corrected chi connectivity index (χ0v) is 15.2. The number of amides is 1. The highest BCUT2D eigenvalue weighted by atomic mass is 19.1. The van der Waals surface area contributed by atoms with Gasteiger partial charge in [0.25, 0.3) is 5.91 Å². The molecule has 2 aromatic carbocycles. The zero-order valence-electron chi connectivity index (χ0n) is 15.2. The Morgan fingerprint density at radius 1 is 0.963 bits per heavy atom. The second-order valence-corrected chi connectivity index (χ2v) is 6.85. The molecule has 5 heteroatoms. The number of carbonyl (C=O) groups is 1. The van der Waals surface area contributed by atoms with Gasteiger partial charge in [0.15, 0.2) is 0 Å². The van der Waals surface area contributed by atoms with Gasteiger partial charge in [0, 0.05) is 31.9 Å². The largest absolute Gasteiger partial charge is 0.378 e. The fraction of sp³-hybridized carbons (Fsp3) is 0.318. The van der Waals surface area contributed by atoms with Gasteiger partial charge in [-0.15, -0.1) is 0 Å². The summed E-state index contributed by atoms with van der Waals surface area (Å²) < 4.78 is 18.5. The summed E-state index contributed by atoms with van der Waals surface area (Å²) in [6.45, 7) is 4.23. The molecule has 0 aliphatic carbocycles. The van der Waals surface area contributed by atoms with Gasteiger partial charge in [-0.2, -0.15) is 0 Å². The van der Waals surface area contributed by atoms with Crippen LogP contribution in [0.25, 0.3) is 5.57 Å². The molecule has 27 heavy (non-hydrogen) atoms. The van der Waals surface area contributed by atoms with E-state index < -0.39 is 0 Å². The highest BCUT2D eigenvalue weighted by Crippen LogP contribution is 2.27. The third kappa shape index (κ3) is 3.88. The minimum atomic E-state index is -0.230. The summed E-state index contributed by atoms with van der Waals surface area (Å²) in [7, 11) is 0. The number of benzene rings is 2. The van der Waals surface area contributed by atoms with Crippen LogP contribution in [0.2, 0.25) is 0 Å². The summed E-state index contributed by atoms with van der Waals surface area (Å²) >= 11 is 0. The number of hydrogen-bond donors (Lipinski definition) is 0. The van der Waals surface area contributed by atoms with E-state index in [-0.39, 0.29) is 11.7 Å². The molecule has 0 bridgehead atoms. The van der Waals surface area contributed by atoms with Crippen LogP contribution in [-0.4, -0.2) is 50.2 Å². The molecule has 2 aliphatic heterocycles. The van der Waals surface area contributed by atoms with Crippen LogP contribution in [0.3, 0.4) is 0 Å². The molecule has 0 saturated carbocycles. The molecule has 0 aromatic heterocycles. The first-order chi connectivity index (χ1) is 13.2. The van der Waals surface area contributed by atoms with E-state index in [1.165, 1.54) is 17.7 Å². The second-order valence-electron chi connectivity index (χ2n) is 6.85. The van der Waals surface area contributed by atoms with E-state index in [4.69, 9.17) is 4.74 Å². The average molecular weight is 366 g/mol. The number of anilines is 1. The molecule has 1 amide bonds. The van der Waals surface area contributed by atoms with E-state index in [0.29, 0.717) is 26.3 Å². The lowest BCUT2D eigenvalue weighted by Gasteiger charge is -2.32. The molecule has 0 atom stereocenters. The molecule has 1 fully saturated rings. The van der Waals surface area contributed by atoms with E-state index in [1.54, 1.807) is 12.1 Å². The molecular formula is C22H23FN2O2. The molecule has 0 radical (unpaired) electrons. The van der Waals surface area contributed by atoms with Crippen molar-refractivity contribution in [3.63, 3.8) is 0 Å². The van der Waals surface area contributed by atoms with E-state index >= 15 is 0 Å². The van der Waals surface area contributed by atoms with E-state index in [0.717, 1.165) is 36.3 Å². The molecular weight excluding hydrogens is 343 g/mol. The number of rotatable bonds is 3. The normalized spacial score (nSPS) is 17.6. The Hall–Kier alpha value is -2.66. The van der Waals surface area contributed by atoms with Crippen molar-refractivity contribution in [2.75, 3.05) is 44.3 Å². The second kappa shape index (κ2) is 7.92. The lowest BCUT2D eigenvalue weighted by molar-refractivity contribution is 0.0772. The molecule has 140 valence electrons. The van der Waals surface area contributed by atoms with Gasteiger partial charge >= 0.3 is 0 Å². The number of halogens is 1. The van der Waals surface area contributed by atoms with Gasteiger partial charge in [-0.1, -0.05) is 30.3 Å². The summed E-state index contributed by atoms with van der Waals surface area (Å²) in [5.74, 6) is -0.168. The highest BCUT2D eigenvalue weighted by molar-refractivity contribution is 6.00. The van der Waals surface area contributed by atoms with Crippen molar-refractivity contribution in [2.24, 2.45) is 0 Å². The van der Waals surface area contributed by atoms with Crippen molar-refractivity contribution < 1.29 is 13.9 Å². The maximum absolute atomic E-state index is 13.1. The van der Waals surface area contributed by atoms with Gasteiger partial charge < -0.3 is 14.5 Å². The van der Waals surface area contributed by atoms with Gasteiger partial charge in [0.2, 0.25) is 0 Å². The molecule has 2 aliphatic rings. The summed E-state index contributed by atoms with van der Waals surface area (Å²) in [6.07, 6.45) is 2.85. The molecule has 0 unspecified atom stereocenters. The SMILES string of the molecule is O=C(c1ccccc1N1CCOCC1)N1CC=C(c2ccc(F)cc2)CC1. The number of morpholine rings is 1. The monoisotopic (exact) mass is 366 g/mol. The summed E-state index contributed by atoms with van der Waals surface area (Å²) in [6, 6.07) is 14.4. The molecule has 1 saturated heterocycles. The van der Waals surface area contributed by atoms with Crippen LogP contribution < -0.4 is 4.90 Å². The van der Waals surface area contributed by atoms with Crippen molar-refractivity contribution in [3.8, 4) is 0 Å². The molecule has 2 heterocycles. The van der Waals surface area contributed by atoms with Gasteiger partial charge in [-0.05, 0) is 41.8 Å². The predicted octanol–water partition coefficient (Wildman–Crippen LogP) is 3.59. The highest BCUT2D eigenvalue weighted by Gasteiger charge is 2.24. The van der Waals surface area contributed by atoms with Crippen LogP contribution in [-0.2, 0) is 4.74 Å². The topological polar surface area (TPSA) is 32.8 Å². The summed E-state index contributed by atoms with van der Waals surface area (Å²) in [5, 5.41) is 0. The zero-order chi connectivity index (χ0) is 18.6. The van der Waals surface area contributed by atoms with Gasteiger partial charge in [-0.3, -0.25) is 4.79 Å². The predicted molar refractivity (Wildman–Crippen MR) is 104 cm³/mol. The van der Waals surface area contributed by atoms with Gasteiger partial charge in [0.1, 0.15) is 5.82 Å². The first kappa shape index (κ1) is 17.7. The van der Waals surface area contributed by atoms with Crippen molar-refractivity contribution in [1.82, 2.24) is 4.90 Å². The Morgan fingerprint density at radius 2 is 1.70 bits per heavy atom. The third-order valence-corrected chi connectivity index (χ3v) is 5.20. The first-order valence-electron chi connectivity index (χ1n) is 9.38. The van der Waals surface area contributed by atoms with Crippen LogP contribution in [0, 0.1) is 5.82 Å². The van der Waals surface area contributed by atoms with Crippen LogP contribution in [0.1, 0.15) is 22.3 Å². The minimum absolute atomic E-state index is 0.0616. The van der Waals surface area contributed by atoms with Gasteiger partial charge in [-0.25, -0.2) is 4.39 Å². The van der Waals surface area contributed by atoms with E-state index in [2.05, 4.69) is 11.0 Å². The van der Waals surface area contributed by atoms with Gasteiger partial charge in [0.05, 0.1) is 18.8 Å². The molecule has 4 nitrogen and oxygen atoms in total. The molecule has 0 spiro atoms. The smallest absolute Gasteiger partial charge is 0.256 e. The maximum atomic E-state index is 13.1. The molecule has 2 aromatic rings. The van der Waals surface area contributed by atoms with Crippen LogP contribution in [0.5, 0.6) is 0 Å². The maximum Gasteiger partial charge on any atom is 0.256 e. The Labute approximate surface area is 158 Å². The lowest BCUT2D eigenvalue weighted by atomic mass is 9.99. The Kier molecular flexibility index (Phi) is 5.21. The number of ether oxygens (including phenoxy) is 1. The third-order valence-electron chi connectivity index (χ3n) is 5.20. The number of nitrogens with zero attached hydrogens (tertiary/aromatic N) is 2. The number of para-hydroxylation sites is 1. The fourth-order valence-electron chi connectivity index (χ4n) is 3.68. The first-order valence-corrected chi connectivity index (χ1v) is 9.38. The fourth-order valence-corrected chi connectivity index (χ4v) is 3.68. The lowest BCUT2D eigenvalue weighted by Crippen LogP contribution is -2.39. The molecule has 0 N–H and O–H groups in total. The average Bonchev–Trinajstić information content (AvgIpc) is 2.74. The van der Waals surface area contributed by atoms with Crippen molar-refractivity contribution in [2.45, 2.75) is 6.42 Å². The van der Waals surface area contributed by atoms with Crippen molar-refractivity contribution in [3.05, 3.63) is 71.6 Å². The number of carbonyl (C=O) groups excluding carboxylic acids is 1. The molecule has 4 rings (SSSR count). The minimum Gasteiger partial charge on any atom is -0.378 e. The van der Waals surface area contributed by atoms with Crippen LogP contribution in [0.15, 0.2) is 54.6 Å². The van der Waals surface area contributed by atoms with Crippen LogP contribution in [0.4, 0.5) is 10.1 Å². The Balaban J connectivity index is 1.50. The Bertz CT molecular complexity index is 842. The number of hydrogen-bond acceptors (Lipinski definition) is 3. The summed E-state index contributed by atoms with van der Waals surface area (Å²) in [4.78, 5) is 17.2. The summed E-state index contributed by atoms with van der Waals surface area (Å²) in [5.41, 5.74) is 3.93. The van der Waals surface area contributed by atoms with E-state index in [9.17, 15) is 9.18 Å². The Morgan fingerprint density at radius 3 is 2.41 bits per heavy atom. The van der Waals surface area contributed by atoms with E-state index in [1.807, 2.05) is 29.2 Å².